The van der Waals surface area contributed by atoms with Gasteiger partial charge in [0.25, 0.3) is 0 Å². The van der Waals surface area contributed by atoms with E-state index < -0.39 is 23.3 Å². The van der Waals surface area contributed by atoms with Gasteiger partial charge in [-0.05, 0) is 42.2 Å². The highest BCUT2D eigenvalue weighted by Gasteiger charge is 2.38. The molecule has 1 fully saturated rings. The molecule has 7 heteroatoms. The first-order chi connectivity index (χ1) is 15.1. The first-order valence-corrected chi connectivity index (χ1v) is 11.1. The molecule has 32 heavy (non-hydrogen) atoms. The number of nitroso groups, excluding NO2 is 1. The smallest absolute Gasteiger partial charge is 0.129 e. The summed E-state index contributed by atoms with van der Waals surface area (Å²) in [6.45, 7) is 6.62. The van der Waals surface area contributed by atoms with Crippen LogP contribution in [0.3, 0.4) is 0 Å². The number of hydrogen-bond acceptors (Lipinski definition) is 5. The Kier molecular flexibility index (Phi) is 7.62. The summed E-state index contributed by atoms with van der Waals surface area (Å²) in [6, 6.07) is 11.2. The highest BCUT2D eigenvalue weighted by atomic mass is 19.1. The Bertz CT molecular complexity index is 901. The Morgan fingerprint density at radius 3 is 2.41 bits per heavy atom. The molecule has 0 saturated heterocycles. The van der Waals surface area contributed by atoms with E-state index in [0.29, 0.717) is 12.8 Å². The predicted octanol–water partition coefficient (Wildman–Crippen LogP) is 5.20. The Morgan fingerprint density at radius 1 is 1.16 bits per heavy atom. The average Bonchev–Trinajstić information content (AvgIpc) is 2.75. The first-order valence-electron chi connectivity index (χ1n) is 11.1. The molecule has 0 spiro atoms. The first kappa shape index (κ1) is 24.3. The van der Waals surface area contributed by atoms with E-state index in [0.717, 1.165) is 36.6 Å². The van der Waals surface area contributed by atoms with Crippen molar-refractivity contribution >= 4 is 0 Å². The maximum absolute atomic E-state index is 13.3. The fourth-order valence-electron chi connectivity index (χ4n) is 4.23. The third-order valence-electron chi connectivity index (χ3n) is 6.19. The number of ether oxygens (including phenoxy) is 1. The van der Waals surface area contributed by atoms with Gasteiger partial charge in [0.05, 0.1) is 6.04 Å². The van der Waals surface area contributed by atoms with Crippen LogP contribution in [0.15, 0.2) is 47.6 Å². The van der Waals surface area contributed by atoms with Gasteiger partial charge in [-0.15, -0.1) is 0 Å². The molecule has 2 aromatic rings. The van der Waals surface area contributed by atoms with E-state index in [1.54, 1.807) is 0 Å². The highest BCUT2D eigenvalue weighted by Crippen LogP contribution is 2.39. The predicted molar refractivity (Wildman–Crippen MR) is 121 cm³/mol. The minimum absolute atomic E-state index is 0.00760. The van der Waals surface area contributed by atoms with Crippen molar-refractivity contribution in [1.29, 1.82) is 0 Å². The van der Waals surface area contributed by atoms with Gasteiger partial charge in [-0.1, -0.05) is 50.2 Å². The van der Waals surface area contributed by atoms with Crippen LogP contribution in [0, 0.1) is 16.5 Å². The molecule has 1 saturated carbocycles. The van der Waals surface area contributed by atoms with E-state index in [2.05, 4.69) is 49.5 Å². The standard InChI is InChI=1S/C25H32F2N2O3/c1-24(2,3)17-5-4-6-18(11-17)25(9-7-21(29-31)8-10-25)28-15-22(30)16-32-23-13-19(26)12-20(27)14-23/h4-6,11-14,21-22,28,30H,7-10,15-16H2,1-3H3. The molecule has 174 valence electrons. The molecule has 0 amide bonds. The van der Waals surface area contributed by atoms with Crippen LogP contribution >= 0.6 is 0 Å². The lowest BCUT2D eigenvalue weighted by Gasteiger charge is -2.41. The van der Waals surface area contributed by atoms with Crippen LogP contribution in [0.1, 0.15) is 57.6 Å². The zero-order valence-corrected chi connectivity index (χ0v) is 18.9. The molecule has 0 heterocycles. The summed E-state index contributed by atoms with van der Waals surface area (Å²) in [6.07, 6.45) is 1.90. The number of halogens is 2. The molecule has 1 unspecified atom stereocenters. The van der Waals surface area contributed by atoms with Crippen molar-refractivity contribution in [1.82, 2.24) is 5.32 Å². The monoisotopic (exact) mass is 446 g/mol. The fraction of sp³-hybridized carbons (Fsp3) is 0.520. The number of rotatable bonds is 8. The van der Waals surface area contributed by atoms with E-state index >= 15 is 0 Å². The molecule has 0 bridgehead atoms. The molecule has 1 atom stereocenters. The van der Waals surface area contributed by atoms with Crippen molar-refractivity contribution in [3.8, 4) is 5.75 Å². The minimum atomic E-state index is -0.883. The Hall–Kier alpha value is -2.38. The van der Waals surface area contributed by atoms with Gasteiger partial charge in [0, 0.05) is 30.3 Å². The van der Waals surface area contributed by atoms with E-state index in [9.17, 15) is 18.8 Å². The third-order valence-corrected chi connectivity index (χ3v) is 6.19. The van der Waals surface area contributed by atoms with Gasteiger partial charge >= 0.3 is 0 Å². The zero-order valence-electron chi connectivity index (χ0n) is 18.9. The van der Waals surface area contributed by atoms with Gasteiger partial charge in [0.1, 0.15) is 30.1 Å². The lowest BCUT2D eigenvalue weighted by atomic mass is 9.73. The largest absolute Gasteiger partial charge is 0.491 e. The maximum atomic E-state index is 13.3. The molecular weight excluding hydrogens is 414 g/mol. The van der Waals surface area contributed by atoms with E-state index in [1.807, 2.05) is 6.07 Å². The number of nitrogens with one attached hydrogen (secondary N) is 1. The molecule has 0 aliphatic heterocycles. The fourth-order valence-corrected chi connectivity index (χ4v) is 4.23. The van der Waals surface area contributed by atoms with Crippen molar-refractivity contribution in [2.45, 2.75) is 69.6 Å². The molecule has 2 aromatic carbocycles. The summed E-state index contributed by atoms with van der Waals surface area (Å²) >= 11 is 0. The molecule has 1 aliphatic rings. The second-order valence-corrected chi connectivity index (χ2v) is 9.70. The van der Waals surface area contributed by atoms with Crippen molar-refractivity contribution < 1.29 is 18.6 Å². The SMILES string of the molecule is CC(C)(C)c1cccc(C2(NCC(O)COc3cc(F)cc(F)c3)CCC(N=O)CC2)c1. The number of nitrogens with zero attached hydrogens (tertiary/aromatic N) is 1. The number of hydrogen-bond donors (Lipinski definition) is 2. The Labute approximate surface area is 188 Å². The maximum Gasteiger partial charge on any atom is 0.129 e. The van der Waals surface area contributed by atoms with Crippen LogP contribution in [0.5, 0.6) is 5.75 Å². The quantitative estimate of drug-likeness (QED) is 0.547. The molecule has 3 rings (SSSR count). The second kappa shape index (κ2) is 10.0. The van der Waals surface area contributed by atoms with Crippen molar-refractivity contribution in [3.05, 3.63) is 70.1 Å². The van der Waals surface area contributed by atoms with Crippen LogP contribution in [-0.4, -0.2) is 30.4 Å². The molecule has 1 aliphatic carbocycles. The highest BCUT2D eigenvalue weighted by molar-refractivity contribution is 5.34. The van der Waals surface area contributed by atoms with Crippen LogP contribution < -0.4 is 10.1 Å². The molecule has 2 N–H and O–H groups in total. The van der Waals surface area contributed by atoms with Crippen LogP contribution in [0.2, 0.25) is 0 Å². The topological polar surface area (TPSA) is 70.9 Å². The van der Waals surface area contributed by atoms with E-state index in [-0.39, 0.29) is 30.4 Å². The average molecular weight is 447 g/mol. The summed E-state index contributed by atoms with van der Waals surface area (Å²) in [5, 5.41) is 17.2. The normalized spacial score (nSPS) is 22.4. The Balaban J connectivity index is 1.71. The minimum Gasteiger partial charge on any atom is -0.491 e. The van der Waals surface area contributed by atoms with Crippen molar-refractivity contribution in [2.75, 3.05) is 13.2 Å². The lowest BCUT2D eigenvalue weighted by Crippen LogP contribution is -2.49. The Morgan fingerprint density at radius 2 is 1.81 bits per heavy atom. The summed E-state index contributed by atoms with van der Waals surface area (Å²) < 4.78 is 32.0. The number of aliphatic hydroxyl groups is 1. The number of benzene rings is 2. The van der Waals surface area contributed by atoms with Crippen molar-refractivity contribution in [3.63, 3.8) is 0 Å². The van der Waals surface area contributed by atoms with Crippen LogP contribution in [0.4, 0.5) is 8.78 Å². The molecule has 0 aromatic heterocycles. The molecule has 0 radical (unpaired) electrons. The third kappa shape index (κ3) is 6.11. The van der Waals surface area contributed by atoms with E-state index in [1.165, 1.54) is 5.56 Å². The second-order valence-electron chi connectivity index (χ2n) is 9.70. The lowest BCUT2D eigenvalue weighted by molar-refractivity contribution is 0.0886. The van der Waals surface area contributed by atoms with Gasteiger partial charge in [0.15, 0.2) is 0 Å². The summed E-state index contributed by atoms with van der Waals surface area (Å²) in [5.41, 5.74) is 1.93. The van der Waals surface area contributed by atoms with Gasteiger partial charge in [-0.3, -0.25) is 0 Å². The summed E-state index contributed by atoms with van der Waals surface area (Å²) in [5.74, 6) is -1.43. The van der Waals surface area contributed by atoms with Gasteiger partial charge in [-0.25, -0.2) is 8.78 Å². The zero-order chi connectivity index (χ0) is 23.4. The van der Waals surface area contributed by atoms with Gasteiger partial charge < -0.3 is 15.2 Å². The molecule has 5 nitrogen and oxygen atoms in total. The number of aliphatic hydroxyl groups excluding tert-OH is 1. The van der Waals surface area contributed by atoms with Gasteiger partial charge in [-0.2, -0.15) is 4.91 Å². The summed E-state index contributed by atoms with van der Waals surface area (Å²) in [7, 11) is 0. The van der Waals surface area contributed by atoms with Crippen LogP contribution in [0.25, 0.3) is 0 Å². The van der Waals surface area contributed by atoms with Crippen molar-refractivity contribution in [2.24, 2.45) is 5.18 Å². The molecular formula is C25H32F2N2O3. The van der Waals surface area contributed by atoms with Crippen LogP contribution in [-0.2, 0) is 11.0 Å². The van der Waals surface area contributed by atoms with E-state index in [4.69, 9.17) is 4.74 Å². The summed E-state index contributed by atoms with van der Waals surface area (Å²) in [4.78, 5) is 11.0. The van der Waals surface area contributed by atoms with Gasteiger partial charge in [0.2, 0.25) is 0 Å².